The molecule has 4 aliphatic carbocycles. The average molecular weight is 477 g/mol. The molecule has 7 rings (SSSR count). The molecule has 6 heteroatoms. The standard InChI is InChI=1S/C25H21BrN2O3/c1-12-9-14(26)5-8-20(12)27-23(29)13-3-2-4-15(10-13)28-24(30)21-16-6-7-17(19-11-18(16)19)22(21)25(28)31/h2-10,16-19,21-22H,11H2,1H3,(H,27,29)/t16-,17-,18-,19-,21+,22+/m0/s1. The molecule has 0 unspecified atom stereocenters. The molecule has 2 aromatic rings. The van der Waals surface area contributed by atoms with Gasteiger partial charge in [0.1, 0.15) is 0 Å². The van der Waals surface area contributed by atoms with Crippen molar-refractivity contribution in [3.05, 3.63) is 70.2 Å². The fraction of sp³-hybridized carbons (Fsp3) is 0.320. The summed E-state index contributed by atoms with van der Waals surface area (Å²) < 4.78 is 0.943. The molecule has 156 valence electrons. The Balaban J connectivity index is 1.28. The van der Waals surface area contributed by atoms with Gasteiger partial charge in [-0.05, 0) is 79.0 Å². The quantitative estimate of drug-likeness (QED) is 0.521. The van der Waals surface area contributed by atoms with E-state index >= 15 is 0 Å². The van der Waals surface area contributed by atoms with E-state index in [9.17, 15) is 14.4 Å². The molecule has 3 amide bonds. The van der Waals surface area contributed by atoms with Crippen molar-refractivity contribution in [2.45, 2.75) is 13.3 Å². The summed E-state index contributed by atoms with van der Waals surface area (Å²) in [6.45, 7) is 1.92. The number of allylic oxidation sites excluding steroid dienone is 2. The number of amides is 3. The molecule has 5 nitrogen and oxygen atoms in total. The zero-order valence-electron chi connectivity index (χ0n) is 16.9. The van der Waals surface area contributed by atoms with Gasteiger partial charge in [-0.25, -0.2) is 4.90 Å². The Morgan fingerprint density at radius 2 is 1.68 bits per heavy atom. The van der Waals surface area contributed by atoms with Crippen molar-refractivity contribution in [1.29, 1.82) is 0 Å². The van der Waals surface area contributed by atoms with E-state index in [0.29, 0.717) is 23.1 Å². The second-order valence-electron chi connectivity index (χ2n) is 9.13. The van der Waals surface area contributed by atoms with E-state index in [1.165, 1.54) is 4.90 Å². The Morgan fingerprint density at radius 1 is 1.00 bits per heavy atom. The maximum absolute atomic E-state index is 13.3. The van der Waals surface area contributed by atoms with Crippen LogP contribution in [0.1, 0.15) is 22.3 Å². The molecular weight excluding hydrogens is 456 g/mol. The van der Waals surface area contributed by atoms with Crippen molar-refractivity contribution in [2.75, 3.05) is 10.2 Å². The lowest BCUT2D eigenvalue weighted by Crippen LogP contribution is -2.40. The summed E-state index contributed by atoms with van der Waals surface area (Å²) in [6, 6.07) is 12.5. The molecule has 0 radical (unpaired) electrons. The van der Waals surface area contributed by atoms with Crippen LogP contribution in [-0.2, 0) is 9.59 Å². The van der Waals surface area contributed by atoms with Crippen LogP contribution in [0.5, 0.6) is 0 Å². The van der Waals surface area contributed by atoms with Gasteiger partial charge in [-0.1, -0.05) is 34.1 Å². The number of nitrogens with zero attached hydrogens (tertiary/aromatic N) is 1. The van der Waals surface area contributed by atoms with E-state index in [4.69, 9.17) is 0 Å². The summed E-state index contributed by atoms with van der Waals surface area (Å²) in [4.78, 5) is 40.8. The third-order valence-electron chi connectivity index (χ3n) is 7.47. The van der Waals surface area contributed by atoms with Crippen LogP contribution in [0.2, 0.25) is 0 Å². The van der Waals surface area contributed by atoms with Gasteiger partial charge in [-0.3, -0.25) is 14.4 Å². The van der Waals surface area contributed by atoms with Gasteiger partial charge in [0.15, 0.2) is 0 Å². The fourth-order valence-corrected chi connectivity index (χ4v) is 6.44. The van der Waals surface area contributed by atoms with Crippen molar-refractivity contribution >= 4 is 45.0 Å². The lowest BCUT2D eigenvalue weighted by atomic mass is 9.63. The predicted octanol–water partition coefficient (Wildman–Crippen LogP) is 4.57. The lowest BCUT2D eigenvalue weighted by Gasteiger charge is -2.37. The minimum absolute atomic E-state index is 0.110. The third kappa shape index (κ3) is 2.77. The minimum atomic E-state index is -0.272. The molecule has 0 aromatic heterocycles. The molecular formula is C25H21BrN2O3. The first-order valence-electron chi connectivity index (χ1n) is 10.7. The highest BCUT2D eigenvalue weighted by atomic mass is 79.9. The first-order valence-corrected chi connectivity index (χ1v) is 11.5. The van der Waals surface area contributed by atoms with Crippen LogP contribution in [0.25, 0.3) is 0 Å². The van der Waals surface area contributed by atoms with Crippen LogP contribution in [-0.4, -0.2) is 17.7 Å². The highest BCUT2D eigenvalue weighted by Gasteiger charge is 2.67. The summed E-state index contributed by atoms with van der Waals surface area (Å²) in [5.74, 6) is 0.539. The van der Waals surface area contributed by atoms with Crippen LogP contribution < -0.4 is 10.2 Å². The molecule has 1 saturated heterocycles. The number of aryl methyl sites for hydroxylation is 1. The Morgan fingerprint density at radius 3 is 2.32 bits per heavy atom. The SMILES string of the molecule is Cc1cc(Br)ccc1NC(=O)c1cccc(N2C(=O)[C@@H]3[C@H]4C=C[C@@H]([C@@H]5C[C@@H]45)[C@H]3C2=O)c1. The van der Waals surface area contributed by atoms with Gasteiger partial charge < -0.3 is 5.32 Å². The van der Waals surface area contributed by atoms with E-state index in [2.05, 4.69) is 33.4 Å². The zero-order chi connectivity index (χ0) is 21.4. The Bertz CT molecular complexity index is 1150. The van der Waals surface area contributed by atoms with E-state index < -0.39 is 0 Å². The summed E-state index contributed by atoms with van der Waals surface area (Å²) in [5, 5.41) is 2.92. The Hall–Kier alpha value is -2.73. The van der Waals surface area contributed by atoms with Gasteiger partial charge in [0.25, 0.3) is 5.91 Å². The van der Waals surface area contributed by atoms with E-state index in [1.54, 1.807) is 24.3 Å². The van der Waals surface area contributed by atoms with E-state index in [1.807, 2.05) is 25.1 Å². The third-order valence-corrected chi connectivity index (χ3v) is 7.96. The zero-order valence-corrected chi connectivity index (χ0v) is 18.5. The monoisotopic (exact) mass is 476 g/mol. The molecule has 5 aliphatic rings. The lowest BCUT2D eigenvalue weighted by molar-refractivity contribution is -0.124. The maximum Gasteiger partial charge on any atom is 0.255 e. The Kier molecular flexibility index (Phi) is 4.06. The summed E-state index contributed by atoms with van der Waals surface area (Å²) >= 11 is 3.42. The molecule has 0 spiro atoms. The molecule has 6 atom stereocenters. The van der Waals surface area contributed by atoms with Crippen molar-refractivity contribution in [3.8, 4) is 0 Å². The summed E-state index contributed by atoms with van der Waals surface area (Å²) in [7, 11) is 0. The van der Waals surface area contributed by atoms with Gasteiger partial charge in [0.2, 0.25) is 11.8 Å². The van der Waals surface area contributed by atoms with Crippen molar-refractivity contribution in [1.82, 2.24) is 0 Å². The molecule has 1 N–H and O–H groups in total. The molecule has 3 fully saturated rings. The number of imide groups is 1. The van der Waals surface area contributed by atoms with Gasteiger partial charge in [0.05, 0.1) is 17.5 Å². The van der Waals surface area contributed by atoms with Crippen LogP contribution in [0.15, 0.2) is 59.1 Å². The van der Waals surface area contributed by atoms with Crippen molar-refractivity contribution < 1.29 is 14.4 Å². The molecule has 1 heterocycles. The van der Waals surface area contributed by atoms with Crippen LogP contribution >= 0.6 is 15.9 Å². The number of hydrogen-bond donors (Lipinski definition) is 1. The van der Waals surface area contributed by atoms with E-state index in [0.717, 1.165) is 22.1 Å². The fourth-order valence-electron chi connectivity index (χ4n) is 5.96. The van der Waals surface area contributed by atoms with Gasteiger partial charge in [-0.15, -0.1) is 0 Å². The number of carbonyl (C=O) groups excluding carboxylic acids is 3. The predicted molar refractivity (Wildman–Crippen MR) is 120 cm³/mol. The number of nitrogens with one attached hydrogen (secondary N) is 1. The first-order chi connectivity index (χ1) is 14.9. The number of benzene rings is 2. The van der Waals surface area contributed by atoms with Crippen LogP contribution in [0.3, 0.4) is 0 Å². The second-order valence-corrected chi connectivity index (χ2v) is 10.0. The number of halogens is 1. The molecule has 2 saturated carbocycles. The molecule has 1 aliphatic heterocycles. The van der Waals surface area contributed by atoms with Gasteiger partial charge >= 0.3 is 0 Å². The van der Waals surface area contributed by atoms with Crippen molar-refractivity contribution in [2.24, 2.45) is 35.5 Å². The molecule has 31 heavy (non-hydrogen) atoms. The normalized spacial score (nSPS) is 32.1. The molecule has 2 aromatic carbocycles. The second kappa shape index (κ2) is 6.63. The number of hydrogen-bond acceptors (Lipinski definition) is 3. The largest absolute Gasteiger partial charge is 0.322 e. The van der Waals surface area contributed by atoms with Crippen LogP contribution in [0, 0.1) is 42.4 Å². The highest BCUT2D eigenvalue weighted by Crippen LogP contribution is 2.65. The van der Waals surface area contributed by atoms with Gasteiger partial charge in [-0.2, -0.15) is 0 Å². The first kappa shape index (κ1) is 19.0. The average Bonchev–Trinajstić information content (AvgIpc) is 3.53. The number of rotatable bonds is 3. The highest BCUT2D eigenvalue weighted by molar-refractivity contribution is 9.10. The van der Waals surface area contributed by atoms with Gasteiger partial charge in [0, 0.05) is 15.7 Å². The maximum atomic E-state index is 13.3. The molecule has 2 bridgehead atoms. The number of carbonyl (C=O) groups is 3. The van der Waals surface area contributed by atoms with Crippen LogP contribution in [0.4, 0.5) is 11.4 Å². The van der Waals surface area contributed by atoms with Crippen molar-refractivity contribution in [3.63, 3.8) is 0 Å². The Labute approximate surface area is 188 Å². The van der Waals surface area contributed by atoms with E-state index in [-0.39, 0.29) is 41.4 Å². The topological polar surface area (TPSA) is 66.5 Å². The minimum Gasteiger partial charge on any atom is -0.322 e. The summed E-state index contributed by atoms with van der Waals surface area (Å²) in [6.07, 6.45) is 5.47. The summed E-state index contributed by atoms with van der Waals surface area (Å²) in [5.41, 5.74) is 2.56. The smallest absolute Gasteiger partial charge is 0.255 e. The number of anilines is 2.